The van der Waals surface area contributed by atoms with Crippen LogP contribution in [-0.4, -0.2) is 90.0 Å². The molecule has 1 aromatic carbocycles. The highest BCUT2D eigenvalue weighted by Crippen LogP contribution is 2.33. The molecule has 2 aliphatic rings. The van der Waals surface area contributed by atoms with Gasteiger partial charge in [-0.25, -0.2) is 4.98 Å². The number of piperazine rings is 1. The van der Waals surface area contributed by atoms with Crippen molar-refractivity contribution in [1.82, 2.24) is 19.7 Å². The fourth-order valence-electron chi connectivity index (χ4n) is 4.44. The van der Waals surface area contributed by atoms with Crippen molar-refractivity contribution < 1.29 is 19.2 Å². The van der Waals surface area contributed by atoms with Gasteiger partial charge in [0.05, 0.1) is 23.0 Å². The molecule has 0 radical (unpaired) electrons. The number of hydrogen-bond acceptors (Lipinski definition) is 7. The molecule has 9 nitrogen and oxygen atoms in total. The van der Waals surface area contributed by atoms with E-state index in [-0.39, 0.29) is 29.9 Å². The number of fused-ring (bicyclic) bond motifs is 1. The number of hydrogen-bond donors (Lipinski definition) is 1. The van der Waals surface area contributed by atoms with E-state index in [4.69, 9.17) is 0 Å². The van der Waals surface area contributed by atoms with E-state index in [0.717, 1.165) is 11.1 Å². The zero-order valence-electron chi connectivity index (χ0n) is 20.6. The van der Waals surface area contributed by atoms with Crippen molar-refractivity contribution in [3.8, 4) is 0 Å². The van der Waals surface area contributed by atoms with E-state index in [9.17, 15) is 19.2 Å². The molecule has 1 N–H and O–H groups in total. The van der Waals surface area contributed by atoms with Crippen molar-refractivity contribution >= 4 is 40.0 Å². The Kier molecular flexibility index (Phi) is 7.32. The number of nitrogens with zero attached hydrogens (tertiary/aromatic N) is 4. The Morgan fingerprint density at radius 3 is 2.51 bits per heavy atom. The first-order chi connectivity index (χ1) is 16.6. The smallest absolute Gasteiger partial charge is 0.257 e. The summed E-state index contributed by atoms with van der Waals surface area (Å²) < 4.78 is 0. The summed E-state index contributed by atoms with van der Waals surface area (Å²) in [5.41, 5.74) is 3.08. The Hall–Kier alpha value is -3.11. The largest absolute Gasteiger partial charge is 0.348 e. The number of nitrogens with one attached hydrogen (secondary N) is 1. The lowest BCUT2D eigenvalue weighted by Crippen LogP contribution is -2.52. The molecule has 35 heavy (non-hydrogen) atoms. The molecule has 1 aliphatic carbocycles. The first kappa shape index (κ1) is 25.0. The van der Waals surface area contributed by atoms with Crippen LogP contribution in [0.15, 0.2) is 18.2 Å². The SMILES string of the molecule is Cc1cccc(C(=O)Nc2nc3c(s2)C(=O)C[C@@H](C(=O)N2CCN(CC(=O)N(C)C)CC2)C3)c1C. The zero-order chi connectivity index (χ0) is 25.3. The Bertz CT molecular complexity index is 1170. The number of carbonyl (C=O) groups excluding carboxylic acids is 4. The van der Waals surface area contributed by atoms with E-state index in [0.29, 0.717) is 60.4 Å². The molecule has 0 saturated carbocycles. The van der Waals surface area contributed by atoms with Crippen LogP contribution in [0.1, 0.15) is 43.3 Å². The number of carbonyl (C=O) groups is 4. The fourth-order valence-corrected chi connectivity index (χ4v) is 5.37. The number of benzene rings is 1. The summed E-state index contributed by atoms with van der Waals surface area (Å²) in [5, 5.41) is 3.20. The molecule has 0 bridgehead atoms. The van der Waals surface area contributed by atoms with Gasteiger partial charge in [-0.15, -0.1) is 0 Å². The lowest BCUT2D eigenvalue weighted by molar-refractivity contribution is -0.138. The van der Waals surface area contributed by atoms with Gasteiger partial charge in [0.15, 0.2) is 10.9 Å². The van der Waals surface area contributed by atoms with Gasteiger partial charge >= 0.3 is 0 Å². The van der Waals surface area contributed by atoms with Crippen LogP contribution in [0.4, 0.5) is 5.13 Å². The van der Waals surface area contributed by atoms with Crippen LogP contribution < -0.4 is 5.32 Å². The van der Waals surface area contributed by atoms with E-state index in [1.165, 1.54) is 11.3 Å². The number of likely N-dealkylation sites (N-methyl/N-ethyl adjacent to an activating group) is 1. The summed E-state index contributed by atoms with van der Waals surface area (Å²) in [4.78, 5) is 61.1. The predicted molar refractivity (Wildman–Crippen MR) is 134 cm³/mol. The van der Waals surface area contributed by atoms with Gasteiger partial charge in [0.2, 0.25) is 11.8 Å². The number of rotatable bonds is 5. The van der Waals surface area contributed by atoms with Gasteiger partial charge in [-0.3, -0.25) is 29.4 Å². The predicted octanol–water partition coefficient (Wildman–Crippen LogP) is 1.99. The normalized spacial score (nSPS) is 18.2. The van der Waals surface area contributed by atoms with E-state index in [2.05, 4.69) is 10.3 Å². The van der Waals surface area contributed by atoms with Gasteiger partial charge in [-0.2, -0.15) is 0 Å². The van der Waals surface area contributed by atoms with Crippen LogP contribution in [-0.2, 0) is 16.0 Å². The summed E-state index contributed by atoms with van der Waals surface area (Å²) in [6.45, 7) is 6.52. The molecule has 0 spiro atoms. The molecule has 4 rings (SSSR count). The van der Waals surface area contributed by atoms with E-state index in [1.54, 1.807) is 30.0 Å². The first-order valence-electron chi connectivity index (χ1n) is 11.8. The Labute approximate surface area is 209 Å². The van der Waals surface area contributed by atoms with Crippen molar-refractivity contribution in [3.63, 3.8) is 0 Å². The number of anilines is 1. The fraction of sp³-hybridized carbons (Fsp3) is 0.480. The summed E-state index contributed by atoms with van der Waals surface area (Å²) in [5.74, 6) is -0.821. The van der Waals surface area contributed by atoms with Gasteiger partial charge in [-0.05, 0) is 31.0 Å². The highest BCUT2D eigenvalue weighted by molar-refractivity contribution is 7.17. The molecule has 2 aromatic rings. The summed E-state index contributed by atoms with van der Waals surface area (Å²) in [6.07, 6.45) is 0.535. The monoisotopic (exact) mass is 497 g/mol. The minimum absolute atomic E-state index is 0.0409. The summed E-state index contributed by atoms with van der Waals surface area (Å²) in [7, 11) is 3.46. The van der Waals surface area contributed by atoms with Crippen molar-refractivity contribution in [2.45, 2.75) is 26.7 Å². The van der Waals surface area contributed by atoms with Crippen molar-refractivity contribution in [2.24, 2.45) is 5.92 Å². The van der Waals surface area contributed by atoms with E-state index in [1.807, 2.05) is 30.9 Å². The second-order valence-electron chi connectivity index (χ2n) is 9.41. The Morgan fingerprint density at radius 1 is 1.11 bits per heavy atom. The van der Waals surface area contributed by atoms with Gasteiger partial charge in [0.25, 0.3) is 5.91 Å². The summed E-state index contributed by atoms with van der Waals surface area (Å²) >= 11 is 1.17. The molecule has 0 unspecified atom stereocenters. The second-order valence-corrected chi connectivity index (χ2v) is 10.4. The van der Waals surface area contributed by atoms with Gasteiger partial charge in [0, 0.05) is 58.7 Å². The third kappa shape index (κ3) is 5.43. The average molecular weight is 498 g/mol. The van der Waals surface area contributed by atoms with Crippen LogP contribution >= 0.6 is 11.3 Å². The van der Waals surface area contributed by atoms with Gasteiger partial charge in [-0.1, -0.05) is 23.5 Å². The van der Waals surface area contributed by atoms with Crippen LogP contribution in [0, 0.1) is 19.8 Å². The minimum atomic E-state index is -0.449. The maximum atomic E-state index is 13.2. The highest BCUT2D eigenvalue weighted by atomic mass is 32.1. The van der Waals surface area contributed by atoms with E-state index >= 15 is 0 Å². The number of aryl methyl sites for hydroxylation is 1. The maximum Gasteiger partial charge on any atom is 0.257 e. The van der Waals surface area contributed by atoms with Crippen LogP contribution in [0.2, 0.25) is 0 Å². The third-order valence-corrected chi connectivity index (χ3v) is 7.84. The van der Waals surface area contributed by atoms with Crippen molar-refractivity contribution in [1.29, 1.82) is 0 Å². The lowest BCUT2D eigenvalue weighted by atomic mass is 9.88. The molecular weight excluding hydrogens is 466 g/mol. The zero-order valence-corrected chi connectivity index (χ0v) is 21.4. The Balaban J connectivity index is 1.38. The molecule has 1 aliphatic heterocycles. The first-order valence-corrected chi connectivity index (χ1v) is 12.6. The third-order valence-electron chi connectivity index (χ3n) is 6.78. The lowest BCUT2D eigenvalue weighted by Gasteiger charge is -2.36. The van der Waals surface area contributed by atoms with Crippen molar-refractivity contribution in [3.05, 3.63) is 45.5 Å². The van der Waals surface area contributed by atoms with Crippen molar-refractivity contribution in [2.75, 3.05) is 52.1 Å². The number of Topliss-reactive ketones (excluding diaryl/α,β-unsaturated/α-hetero) is 1. The topological polar surface area (TPSA) is 103 Å². The molecule has 2 heterocycles. The second kappa shape index (κ2) is 10.2. The molecule has 1 saturated heterocycles. The number of amides is 3. The molecule has 10 heteroatoms. The molecule has 186 valence electrons. The molecule has 3 amide bonds. The van der Waals surface area contributed by atoms with Crippen LogP contribution in [0.3, 0.4) is 0 Å². The van der Waals surface area contributed by atoms with Crippen LogP contribution in [0.25, 0.3) is 0 Å². The molecular formula is C25H31N5O4S. The maximum absolute atomic E-state index is 13.2. The number of aromatic nitrogens is 1. The number of ketones is 1. The Morgan fingerprint density at radius 2 is 1.83 bits per heavy atom. The van der Waals surface area contributed by atoms with E-state index < -0.39 is 5.92 Å². The molecule has 1 fully saturated rings. The average Bonchev–Trinajstić information content (AvgIpc) is 3.23. The minimum Gasteiger partial charge on any atom is -0.348 e. The highest BCUT2D eigenvalue weighted by Gasteiger charge is 2.36. The van der Waals surface area contributed by atoms with Gasteiger partial charge in [0.1, 0.15) is 0 Å². The quantitative estimate of drug-likeness (QED) is 0.678. The number of thiazole rings is 1. The van der Waals surface area contributed by atoms with Crippen LogP contribution in [0.5, 0.6) is 0 Å². The summed E-state index contributed by atoms with van der Waals surface area (Å²) in [6, 6.07) is 5.55. The molecule has 1 aromatic heterocycles. The van der Waals surface area contributed by atoms with Gasteiger partial charge < -0.3 is 9.80 Å². The standard InChI is InChI=1S/C25H31N5O4S/c1-15-6-5-7-18(16(15)2)23(33)27-25-26-19-12-17(13-20(31)22(19)35-25)24(34)30-10-8-29(9-11-30)14-21(32)28(3)4/h5-7,17H,8-14H2,1-4H3,(H,26,27,33)/t17-/m0/s1. The molecule has 1 atom stereocenters.